The molecule has 0 bridgehead atoms. The molecule has 0 aliphatic heterocycles. The van der Waals surface area contributed by atoms with Crippen molar-refractivity contribution in [3.05, 3.63) is 22.7 Å². The average Bonchev–Trinajstić information content (AvgIpc) is 2.49. The fourth-order valence-electron chi connectivity index (χ4n) is 3.24. The number of hydrogen-bond acceptors (Lipinski definition) is 4. The first kappa shape index (κ1) is 17.4. The van der Waals surface area contributed by atoms with Crippen molar-refractivity contribution in [2.45, 2.75) is 38.3 Å². The number of hydrogen-bond donors (Lipinski definition) is 1. The van der Waals surface area contributed by atoms with Crippen LogP contribution >= 0.6 is 11.6 Å². The Labute approximate surface area is 138 Å². The van der Waals surface area contributed by atoms with Gasteiger partial charge < -0.3 is 19.5 Å². The molecule has 1 aromatic carbocycles. The summed E-state index contributed by atoms with van der Waals surface area (Å²) in [4.78, 5) is 2.23. The number of aliphatic hydroxyl groups excluding tert-OH is 1. The molecule has 1 aromatic rings. The van der Waals surface area contributed by atoms with Crippen LogP contribution in [0, 0.1) is 5.92 Å². The van der Waals surface area contributed by atoms with Gasteiger partial charge in [0, 0.05) is 13.1 Å². The van der Waals surface area contributed by atoms with E-state index in [1.165, 1.54) is 6.42 Å². The number of benzene rings is 1. The van der Waals surface area contributed by atoms with E-state index in [1.54, 1.807) is 14.2 Å². The maximum absolute atomic E-state index is 10.1. The molecule has 2 atom stereocenters. The summed E-state index contributed by atoms with van der Waals surface area (Å²) >= 11 is 6.25. The van der Waals surface area contributed by atoms with E-state index in [2.05, 4.69) is 11.9 Å². The minimum Gasteiger partial charge on any atom is -0.493 e. The van der Waals surface area contributed by atoms with Crippen LogP contribution in [0.25, 0.3) is 0 Å². The first-order valence-corrected chi connectivity index (χ1v) is 8.20. The van der Waals surface area contributed by atoms with Gasteiger partial charge in [0.1, 0.15) is 0 Å². The second kappa shape index (κ2) is 8.04. The van der Waals surface area contributed by atoms with E-state index in [-0.39, 0.29) is 6.10 Å². The lowest BCUT2D eigenvalue weighted by atomic mass is 9.86. The number of ether oxygens (including phenoxy) is 2. The molecule has 1 aliphatic rings. The van der Waals surface area contributed by atoms with Gasteiger partial charge in [-0.05, 0) is 43.5 Å². The number of aliphatic hydroxyl groups is 1. The minimum atomic E-state index is -0.162. The average molecular weight is 328 g/mol. The molecule has 1 fully saturated rings. The molecular formula is C17H26ClNO3. The van der Waals surface area contributed by atoms with Gasteiger partial charge in [-0.3, -0.25) is 0 Å². The maximum Gasteiger partial charge on any atom is 0.179 e. The van der Waals surface area contributed by atoms with Crippen LogP contribution in [0.4, 0.5) is 0 Å². The first-order valence-electron chi connectivity index (χ1n) is 7.82. The normalized spacial score (nSPS) is 21.9. The van der Waals surface area contributed by atoms with Crippen molar-refractivity contribution in [3.8, 4) is 11.5 Å². The summed E-state index contributed by atoms with van der Waals surface area (Å²) < 4.78 is 10.6. The molecule has 0 radical (unpaired) electrons. The Morgan fingerprint density at radius 1 is 1.23 bits per heavy atom. The molecule has 1 N–H and O–H groups in total. The molecule has 0 saturated heterocycles. The largest absolute Gasteiger partial charge is 0.493 e. The van der Waals surface area contributed by atoms with Crippen LogP contribution in [0.2, 0.25) is 5.02 Å². The Morgan fingerprint density at radius 3 is 2.59 bits per heavy atom. The third-order valence-electron chi connectivity index (χ3n) is 4.36. The maximum atomic E-state index is 10.1. The van der Waals surface area contributed by atoms with Crippen molar-refractivity contribution in [2.24, 2.45) is 5.92 Å². The van der Waals surface area contributed by atoms with Crippen LogP contribution in [0.15, 0.2) is 12.1 Å². The molecule has 0 heterocycles. The lowest BCUT2D eigenvalue weighted by molar-refractivity contribution is 0.0501. The van der Waals surface area contributed by atoms with E-state index >= 15 is 0 Å². The number of nitrogens with zero attached hydrogens (tertiary/aromatic N) is 1. The summed E-state index contributed by atoms with van der Waals surface area (Å²) in [6.07, 6.45) is 4.24. The minimum absolute atomic E-state index is 0.162. The predicted octanol–water partition coefficient (Wildman–Crippen LogP) is 3.34. The van der Waals surface area contributed by atoms with E-state index < -0.39 is 0 Å². The van der Waals surface area contributed by atoms with Gasteiger partial charge in [-0.1, -0.05) is 24.4 Å². The molecule has 2 rings (SSSR count). The quantitative estimate of drug-likeness (QED) is 0.870. The SMILES string of the molecule is COc1cc(CN(C)CC2CCCCC2O)cc(Cl)c1OC. The van der Waals surface area contributed by atoms with Gasteiger partial charge in [0.2, 0.25) is 0 Å². The molecule has 1 saturated carbocycles. The van der Waals surface area contributed by atoms with E-state index in [0.29, 0.717) is 22.4 Å². The number of halogens is 1. The smallest absolute Gasteiger partial charge is 0.179 e. The van der Waals surface area contributed by atoms with E-state index in [1.807, 2.05) is 12.1 Å². The molecule has 124 valence electrons. The standard InChI is InChI=1S/C17H26ClNO3/c1-19(11-13-6-4-5-7-15(13)20)10-12-8-14(18)17(22-3)16(9-12)21-2/h8-9,13,15,20H,4-7,10-11H2,1-3H3. The molecule has 22 heavy (non-hydrogen) atoms. The second-order valence-electron chi connectivity index (χ2n) is 6.12. The summed E-state index contributed by atoms with van der Waals surface area (Å²) in [7, 11) is 5.27. The number of rotatable bonds is 6. The van der Waals surface area contributed by atoms with E-state index in [0.717, 1.165) is 37.9 Å². The molecule has 0 aromatic heterocycles. The Balaban J connectivity index is 2.01. The van der Waals surface area contributed by atoms with Gasteiger partial charge >= 0.3 is 0 Å². The van der Waals surface area contributed by atoms with Gasteiger partial charge in [0.05, 0.1) is 25.3 Å². The Kier molecular flexibility index (Phi) is 6.36. The Bertz CT molecular complexity index is 495. The van der Waals surface area contributed by atoms with Crippen LogP contribution in [0.3, 0.4) is 0 Å². The zero-order valence-corrected chi connectivity index (χ0v) is 14.4. The highest BCUT2D eigenvalue weighted by Crippen LogP contribution is 2.36. The van der Waals surface area contributed by atoms with Crippen LogP contribution < -0.4 is 9.47 Å². The van der Waals surface area contributed by atoms with Crippen LogP contribution in [-0.2, 0) is 6.54 Å². The number of methoxy groups -OCH3 is 2. The Morgan fingerprint density at radius 2 is 1.95 bits per heavy atom. The van der Waals surface area contributed by atoms with E-state index in [9.17, 15) is 5.11 Å². The predicted molar refractivity (Wildman–Crippen MR) is 88.9 cm³/mol. The molecule has 0 spiro atoms. The lowest BCUT2D eigenvalue weighted by Gasteiger charge is -2.31. The van der Waals surface area contributed by atoms with Crippen LogP contribution in [0.1, 0.15) is 31.2 Å². The van der Waals surface area contributed by atoms with Gasteiger partial charge in [-0.2, -0.15) is 0 Å². The van der Waals surface area contributed by atoms with Gasteiger partial charge in [-0.15, -0.1) is 0 Å². The highest BCUT2D eigenvalue weighted by molar-refractivity contribution is 6.32. The zero-order valence-electron chi connectivity index (χ0n) is 13.6. The van der Waals surface area contributed by atoms with Crippen molar-refractivity contribution in [1.82, 2.24) is 4.90 Å². The Hall–Kier alpha value is -0.970. The molecule has 5 heteroatoms. The zero-order chi connectivity index (χ0) is 16.1. The molecule has 0 amide bonds. The van der Waals surface area contributed by atoms with Gasteiger partial charge in [0.25, 0.3) is 0 Å². The van der Waals surface area contributed by atoms with Crippen molar-refractivity contribution >= 4 is 11.6 Å². The van der Waals surface area contributed by atoms with Crippen molar-refractivity contribution < 1.29 is 14.6 Å². The summed E-state index contributed by atoms with van der Waals surface area (Å²) in [6.45, 7) is 1.66. The van der Waals surface area contributed by atoms with Crippen LogP contribution in [-0.4, -0.2) is 43.9 Å². The van der Waals surface area contributed by atoms with Crippen molar-refractivity contribution in [3.63, 3.8) is 0 Å². The topological polar surface area (TPSA) is 41.9 Å². The second-order valence-corrected chi connectivity index (χ2v) is 6.53. The van der Waals surface area contributed by atoms with Crippen LogP contribution in [0.5, 0.6) is 11.5 Å². The third-order valence-corrected chi connectivity index (χ3v) is 4.64. The summed E-state index contributed by atoms with van der Waals surface area (Å²) in [5.74, 6) is 1.59. The third kappa shape index (κ3) is 4.28. The highest BCUT2D eigenvalue weighted by Gasteiger charge is 2.24. The summed E-state index contributed by atoms with van der Waals surface area (Å²) in [6, 6.07) is 3.87. The lowest BCUT2D eigenvalue weighted by Crippen LogP contribution is -2.34. The monoisotopic (exact) mass is 327 g/mol. The first-order chi connectivity index (χ1) is 10.5. The molecule has 2 unspecified atom stereocenters. The fourth-order valence-corrected chi connectivity index (χ4v) is 3.55. The van der Waals surface area contributed by atoms with Crippen molar-refractivity contribution in [1.29, 1.82) is 0 Å². The fraction of sp³-hybridized carbons (Fsp3) is 0.647. The summed E-state index contributed by atoms with van der Waals surface area (Å²) in [5, 5.41) is 10.7. The van der Waals surface area contributed by atoms with Crippen molar-refractivity contribution in [2.75, 3.05) is 27.8 Å². The molecular weight excluding hydrogens is 302 g/mol. The van der Waals surface area contributed by atoms with Gasteiger partial charge in [0.15, 0.2) is 11.5 Å². The highest BCUT2D eigenvalue weighted by atomic mass is 35.5. The molecule has 4 nitrogen and oxygen atoms in total. The summed E-state index contributed by atoms with van der Waals surface area (Å²) in [5.41, 5.74) is 1.08. The van der Waals surface area contributed by atoms with Gasteiger partial charge in [-0.25, -0.2) is 0 Å². The van der Waals surface area contributed by atoms with E-state index in [4.69, 9.17) is 21.1 Å². The molecule has 1 aliphatic carbocycles.